The van der Waals surface area contributed by atoms with Gasteiger partial charge in [-0.05, 0) is 56.8 Å². The van der Waals surface area contributed by atoms with Gasteiger partial charge in [-0.1, -0.05) is 30.2 Å². The van der Waals surface area contributed by atoms with E-state index >= 15 is 0 Å². The number of carbonyl (C=O) groups is 1. The van der Waals surface area contributed by atoms with Crippen LogP contribution in [0.15, 0.2) is 24.3 Å². The normalized spacial score (nSPS) is 24.8. The van der Waals surface area contributed by atoms with Gasteiger partial charge in [-0.3, -0.25) is 9.69 Å². The van der Waals surface area contributed by atoms with Crippen LogP contribution in [-0.4, -0.2) is 49.2 Å². The van der Waals surface area contributed by atoms with Gasteiger partial charge in [-0.15, -0.1) is 24.8 Å². The van der Waals surface area contributed by atoms with Gasteiger partial charge in [0.2, 0.25) is 5.91 Å². The summed E-state index contributed by atoms with van der Waals surface area (Å²) in [6.07, 6.45) is 3.11. The molecule has 29 heavy (non-hydrogen) atoms. The first kappa shape index (κ1) is 26.5. The fourth-order valence-electron chi connectivity index (χ4n) is 4.45. The molecule has 1 saturated carbocycles. The zero-order valence-corrected chi connectivity index (χ0v) is 19.6. The number of nitrogens with two attached hydrogens (primary N) is 1. The topological polar surface area (TPSA) is 67.6 Å². The highest BCUT2D eigenvalue weighted by atomic mass is 35.5. The third kappa shape index (κ3) is 6.98. The summed E-state index contributed by atoms with van der Waals surface area (Å²) < 4.78 is 5.87. The van der Waals surface area contributed by atoms with Crippen LogP contribution in [0, 0.1) is 11.8 Å². The van der Waals surface area contributed by atoms with Crippen molar-refractivity contribution in [1.29, 1.82) is 0 Å². The molecule has 3 N–H and O–H groups in total. The maximum absolute atomic E-state index is 12.8. The van der Waals surface area contributed by atoms with E-state index in [9.17, 15) is 4.79 Å². The highest BCUT2D eigenvalue weighted by Gasteiger charge is 2.34. The Morgan fingerprint density at radius 2 is 2.00 bits per heavy atom. The summed E-state index contributed by atoms with van der Waals surface area (Å²) in [5, 5.41) is 3.94. The SMILES string of the molecule is CC1(C)CN(C(CNC(=O)[C@@H]2CCC[C@@H]2CN)c2ccc(Cl)cc2)CCO1.Cl.Cl. The minimum absolute atomic E-state index is 0. The molecule has 3 atom stereocenters. The molecule has 2 fully saturated rings. The van der Waals surface area contributed by atoms with Gasteiger partial charge in [0.05, 0.1) is 18.2 Å². The van der Waals surface area contributed by atoms with Crippen molar-refractivity contribution >= 4 is 42.3 Å². The largest absolute Gasteiger partial charge is 0.373 e. The number of hydrogen-bond acceptors (Lipinski definition) is 4. The molecule has 8 heteroatoms. The Morgan fingerprint density at radius 1 is 1.31 bits per heavy atom. The Kier molecular flexibility index (Phi) is 10.7. The molecule has 0 bridgehead atoms. The minimum atomic E-state index is -0.191. The molecule has 166 valence electrons. The third-order valence-electron chi connectivity index (χ3n) is 5.92. The van der Waals surface area contributed by atoms with Crippen molar-refractivity contribution in [3.63, 3.8) is 0 Å². The Balaban J connectivity index is 0.00000210. The zero-order chi connectivity index (χ0) is 19.4. The van der Waals surface area contributed by atoms with E-state index in [-0.39, 0.29) is 48.3 Å². The predicted molar refractivity (Wildman–Crippen MR) is 123 cm³/mol. The molecular formula is C21H34Cl3N3O2. The van der Waals surface area contributed by atoms with Crippen LogP contribution in [0.5, 0.6) is 0 Å². The van der Waals surface area contributed by atoms with Crippen LogP contribution in [0.3, 0.4) is 0 Å². The van der Waals surface area contributed by atoms with E-state index in [1.165, 1.54) is 5.56 Å². The van der Waals surface area contributed by atoms with Gasteiger partial charge in [-0.2, -0.15) is 0 Å². The van der Waals surface area contributed by atoms with E-state index in [0.29, 0.717) is 25.6 Å². The highest BCUT2D eigenvalue weighted by molar-refractivity contribution is 6.30. The molecule has 0 radical (unpaired) electrons. The van der Waals surface area contributed by atoms with Gasteiger partial charge in [-0.25, -0.2) is 0 Å². The van der Waals surface area contributed by atoms with Crippen molar-refractivity contribution < 1.29 is 9.53 Å². The molecule has 0 spiro atoms. The van der Waals surface area contributed by atoms with E-state index < -0.39 is 0 Å². The second-order valence-electron chi connectivity index (χ2n) is 8.42. The van der Waals surface area contributed by atoms with Crippen molar-refractivity contribution in [1.82, 2.24) is 10.2 Å². The fourth-order valence-corrected chi connectivity index (χ4v) is 4.58. The van der Waals surface area contributed by atoms with Crippen molar-refractivity contribution in [3.8, 4) is 0 Å². The number of ether oxygens (including phenoxy) is 1. The van der Waals surface area contributed by atoms with Crippen LogP contribution in [0.25, 0.3) is 0 Å². The van der Waals surface area contributed by atoms with Gasteiger partial charge in [0.25, 0.3) is 0 Å². The average Bonchev–Trinajstić information content (AvgIpc) is 3.11. The molecule has 1 saturated heterocycles. The van der Waals surface area contributed by atoms with E-state index in [0.717, 1.165) is 37.4 Å². The highest BCUT2D eigenvalue weighted by Crippen LogP contribution is 2.32. The number of benzene rings is 1. The lowest BCUT2D eigenvalue weighted by Crippen LogP contribution is -2.51. The molecule has 1 aromatic rings. The van der Waals surface area contributed by atoms with Gasteiger partial charge in [0, 0.05) is 30.6 Å². The van der Waals surface area contributed by atoms with E-state index in [4.69, 9.17) is 22.1 Å². The van der Waals surface area contributed by atoms with Crippen LogP contribution < -0.4 is 11.1 Å². The first-order valence-electron chi connectivity index (χ1n) is 10.0. The molecule has 1 heterocycles. The number of hydrogen-bond donors (Lipinski definition) is 2. The number of nitrogens with zero attached hydrogens (tertiary/aromatic N) is 1. The van der Waals surface area contributed by atoms with Crippen molar-refractivity contribution in [3.05, 3.63) is 34.9 Å². The molecule has 1 aromatic carbocycles. The van der Waals surface area contributed by atoms with Crippen LogP contribution in [0.1, 0.15) is 44.7 Å². The van der Waals surface area contributed by atoms with Crippen LogP contribution in [0.4, 0.5) is 0 Å². The fraction of sp³-hybridized carbons (Fsp3) is 0.667. The summed E-state index contributed by atoms with van der Waals surface area (Å²) in [4.78, 5) is 15.2. The predicted octanol–water partition coefficient (Wildman–Crippen LogP) is 3.83. The monoisotopic (exact) mass is 465 g/mol. The van der Waals surface area contributed by atoms with Crippen LogP contribution in [0.2, 0.25) is 5.02 Å². The summed E-state index contributed by atoms with van der Waals surface area (Å²) in [7, 11) is 0. The van der Waals surface area contributed by atoms with E-state index in [1.54, 1.807) is 0 Å². The quantitative estimate of drug-likeness (QED) is 0.668. The Bertz CT molecular complexity index is 643. The molecule has 1 unspecified atom stereocenters. The Hall–Kier alpha value is -0.560. The molecular weight excluding hydrogens is 433 g/mol. The maximum atomic E-state index is 12.8. The maximum Gasteiger partial charge on any atom is 0.223 e. The average molecular weight is 467 g/mol. The number of rotatable bonds is 6. The molecule has 1 aliphatic carbocycles. The summed E-state index contributed by atoms with van der Waals surface area (Å²) in [6, 6.07) is 8.05. The lowest BCUT2D eigenvalue weighted by Gasteiger charge is -2.42. The number of halogens is 3. The lowest BCUT2D eigenvalue weighted by atomic mass is 9.95. The zero-order valence-electron chi connectivity index (χ0n) is 17.2. The molecule has 2 aliphatic rings. The van der Waals surface area contributed by atoms with Crippen LogP contribution in [-0.2, 0) is 9.53 Å². The minimum Gasteiger partial charge on any atom is -0.373 e. The summed E-state index contributed by atoms with van der Waals surface area (Å²) in [6.45, 7) is 7.78. The third-order valence-corrected chi connectivity index (χ3v) is 6.17. The number of nitrogens with one attached hydrogen (secondary N) is 1. The smallest absolute Gasteiger partial charge is 0.223 e. The van der Waals surface area contributed by atoms with Gasteiger partial charge < -0.3 is 15.8 Å². The number of morpholine rings is 1. The summed E-state index contributed by atoms with van der Waals surface area (Å²) in [5.41, 5.74) is 6.83. The van der Waals surface area contributed by atoms with Crippen molar-refractivity contribution in [2.24, 2.45) is 17.6 Å². The molecule has 3 rings (SSSR count). The van der Waals surface area contributed by atoms with Crippen molar-refractivity contribution in [2.45, 2.75) is 44.8 Å². The second-order valence-corrected chi connectivity index (χ2v) is 8.86. The standard InChI is InChI=1S/C21H32ClN3O2.2ClH/c1-21(2)14-25(10-11-27-21)19(15-6-8-17(22)9-7-15)13-24-20(26)18-5-3-4-16(18)12-23;;/h6-9,16,18-19H,3-5,10-14,23H2,1-2H3,(H,24,26);2*1H/t16-,18-,19?;;/m1../s1. The molecule has 0 aromatic heterocycles. The Morgan fingerprint density at radius 3 is 2.62 bits per heavy atom. The van der Waals surface area contributed by atoms with Crippen LogP contribution >= 0.6 is 36.4 Å². The second kappa shape index (κ2) is 11.7. The first-order valence-corrected chi connectivity index (χ1v) is 10.4. The van der Waals surface area contributed by atoms with Gasteiger partial charge in [0.1, 0.15) is 0 Å². The van der Waals surface area contributed by atoms with Gasteiger partial charge in [0.15, 0.2) is 0 Å². The van der Waals surface area contributed by atoms with E-state index in [2.05, 4.69) is 36.2 Å². The summed E-state index contributed by atoms with van der Waals surface area (Å²) >= 11 is 6.08. The Labute approximate surface area is 191 Å². The number of amides is 1. The summed E-state index contributed by atoms with van der Waals surface area (Å²) in [5.74, 6) is 0.526. The lowest BCUT2D eigenvalue weighted by molar-refractivity contribution is -0.126. The number of carbonyl (C=O) groups excluding carboxylic acids is 1. The first-order chi connectivity index (χ1) is 12.9. The van der Waals surface area contributed by atoms with E-state index in [1.807, 2.05) is 12.1 Å². The molecule has 5 nitrogen and oxygen atoms in total. The van der Waals surface area contributed by atoms with Crippen molar-refractivity contribution in [2.75, 3.05) is 32.8 Å². The molecule has 1 amide bonds. The molecule has 1 aliphatic heterocycles. The van der Waals surface area contributed by atoms with Gasteiger partial charge >= 0.3 is 0 Å².